The van der Waals surface area contributed by atoms with Crippen molar-refractivity contribution in [1.82, 2.24) is 15.3 Å². The molecule has 0 saturated carbocycles. The highest BCUT2D eigenvalue weighted by Crippen LogP contribution is 2.48. The second-order valence-corrected chi connectivity index (χ2v) is 8.54. The largest absolute Gasteiger partial charge is 0.470 e. The zero-order valence-corrected chi connectivity index (χ0v) is 16.2. The van der Waals surface area contributed by atoms with Crippen LogP contribution in [0, 0.1) is 0 Å². The van der Waals surface area contributed by atoms with Crippen LogP contribution in [-0.2, 0) is 6.42 Å². The second kappa shape index (κ2) is 6.57. The van der Waals surface area contributed by atoms with Gasteiger partial charge in [-0.15, -0.1) is 0 Å². The fourth-order valence-electron chi connectivity index (χ4n) is 4.77. The number of allylic oxidation sites excluding steroid dienone is 2. The molecule has 1 aromatic rings. The molecule has 2 aliphatic heterocycles. The van der Waals surface area contributed by atoms with E-state index in [1.165, 1.54) is 24.0 Å². The van der Waals surface area contributed by atoms with E-state index in [2.05, 4.69) is 22.4 Å². The topological polar surface area (TPSA) is 50.3 Å². The molecule has 3 heterocycles. The van der Waals surface area contributed by atoms with Gasteiger partial charge in [0.25, 0.3) is 0 Å². The second-order valence-electron chi connectivity index (χ2n) is 7.76. The average molecular weight is 371 g/mol. The average Bonchev–Trinajstić information content (AvgIpc) is 3.04. The molecule has 1 spiro atoms. The highest BCUT2D eigenvalue weighted by Gasteiger charge is 2.44. The smallest absolute Gasteiger partial charge is 0.223 e. The van der Waals surface area contributed by atoms with E-state index >= 15 is 0 Å². The van der Waals surface area contributed by atoms with Crippen molar-refractivity contribution >= 4 is 17.6 Å². The predicted molar refractivity (Wildman–Crippen MR) is 105 cm³/mol. The van der Waals surface area contributed by atoms with Crippen LogP contribution in [0.1, 0.15) is 37.7 Å². The first-order valence-corrected chi connectivity index (χ1v) is 11.0. The van der Waals surface area contributed by atoms with Gasteiger partial charge in [-0.2, -0.15) is 4.98 Å². The maximum absolute atomic E-state index is 6.66. The molecule has 0 aromatic carbocycles. The summed E-state index contributed by atoms with van der Waals surface area (Å²) in [5.74, 6) is 1.94. The third kappa shape index (κ3) is 2.83. The van der Waals surface area contributed by atoms with Gasteiger partial charge in [0.15, 0.2) is 5.16 Å². The molecule has 2 aliphatic carbocycles. The summed E-state index contributed by atoms with van der Waals surface area (Å²) in [4.78, 5) is 12.0. The van der Waals surface area contributed by atoms with E-state index in [0.29, 0.717) is 0 Å². The van der Waals surface area contributed by atoms with Crippen molar-refractivity contribution in [2.75, 3.05) is 37.3 Å². The van der Waals surface area contributed by atoms with E-state index in [4.69, 9.17) is 14.7 Å². The standard InChI is InChI=1S/C20H26N4OS/c1-26-19-22-17(24-10-8-21-9-11-24)16-6-7-20(25-18(16)23-19)12-14-4-2-3-5-15(14)13-20/h2,4,21H,3,5-13H2,1H3. The molecule has 5 nitrogen and oxygen atoms in total. The van der Waals surface area contributed by atoms with Gasteiger partial charge in [-0.05, 0) is 37.5 Å². The first-order valence-electron chi connectivity index (χ1n) is 9.73. The number of nitrogens with zero attached hydrogens (tertiary/aromatic N) is 3. The van der Waals surface area contributed by atoms with Gasteiger partial charge in [-0.25, -0.2) is 4.98 Å². The number of thioether (sulfide) groups is 1. The summed E-state index contributed by atoms with van der Waals surface area (Å²) in [6, 6.07) is 0. The van der Waals surface area contributed by atoms with Crippen molar-refractivity contribution in [3.8, 4) is 5.88 Å². The summed E-state index contributed by atoms with van der Waals surface area (Å²) in [6.45, 7) is 4.04. The Morgan fingerprint density at radius 2 is 2.08 bits per heavy atom. The molecular weight excluding hydrogens is 344 g/mol. The van der Waals surface area contributed by atoms with Crippen LogP contribution < -0.4 is 15.0 Å². The number of hydrogen-bond acceptors (Lipinski definition) is 6. The summed E-state index contributed by atoms with van der Waals surface area (Å²) >= 11 is 1.60. The van der Waals surface area contributed by atoms with E-state index in [1.807, 2.05) is 6.26 Å². The van der Waals surface area contributed by atoms with Gasteiger partial charge in [0.1, 0.15) is 11.4 Å². The first kappa shape index (κ1) is 16.6. The lowest BCUT2D eigenvalue weighted by molar-refractivity contribution is 0.0495. The Morgan fingerprint density at radius 1 is 1.19 bits per heavy atom. The van der Waals surface area contributed by atoms with Crippen LogP contribution in [-0.4, -0.2) is 48.0 Å². The highest BCUT2D eigenvalue weighted by atomic mass is 32.2. The molecule has 138 valence electrons. The van der Waals surface area contributed by atoms with E-state index in [9.17, 15) is 0 Å². The number of ether oxygens (including phenoxy) is 1. The van der Waals surface area contributed by atoms with Crippen LogP contribution in [0.3, 0.4) is 0 Å². The van der Waals surface area contributed by atoms with Crippen LogP contribution in [0.2, 0.25) is 0 Å². The van der Waals surface area contributed by atoms with Crippen LogP contribution in [0.4, 0.5) is 5.82 Å². The van der Waals surface area contributed by atoms with Gasteiger partial charge < -0.3 is 15.0 Å². The molecule has 0 amide bonds. The maximum Gasteiger partial charge on any atom is 0.223 e. The zero-order chi connectivity index (χ0) is 17.6. The molecule has 1 atom stereocenters. The Kier molecular flexibility index (Phi) is 4.20. The van der Waals surface area contributed by atoms with Crippen LogP contribution >= 0.6 is 11.8 Å². The van der Waals surface area contributed by atoms with Gasteiger partial charge in [0.2, 0.25) is 5.88 Å². The molecular formula is C20H26N4OS. The Hall–Kier alpha value is -1.53. The number of piperazine rings is 1. The number of nitrogens with one attached hydrogen (secondary N) is 1. The Morgan fingerprint density at radius 3 is 2.88 bits per heavy atom. The molecule has 1 unspecified atom stereocenters. The van der Waals surface area contributed by atoms with E-state index in [0.717, 1.165) is 68.7 Å². The van der Waals surface area contributed by atoms with Gasteiger partial charge in [0.05, 0.1) is 5.56 Å². The minimum Gasteiger partial charge on any atom is -0.470 e. The van der Waals surface area contributed by atoms with Crippen molar-refractivity contribution in [1.29, 1.82) is 0 Å². The quantitative estimate of drug-likeness (QED) is 0.638. The van der Waals surface area contributed by atoms with E-state index < -0.39 is 0 Å². The van der Waals surface area contributed by atoms with Crippen LogP contribution in [0.5, 0.6) is 5.88 Å². The number of hydrogen-bond donors (Lipinski definition) is 1. The summed E-state index contributed by atoms with van der Waals surface area (Å²) in [7, 11) is 0. The van der Waals surface area contributed by atoms with Gasteiger partial charge in [-0.1, -0.05) is 29.5 Å². The van der Waals surface area contributed by atoms with Gasteiger partial charge in [-0.3, -0.25) is 0 Å². The lowest BCUT2D eigenvalue weighted by Gasteiger charge is -2.38. The molecule has 26 heavy (non-hydrogen) atoms. The van der Waals surface area contributed by atoms with Crippen molar-refractivity contribution in [3.63, 3.8) is 0 Å². The molecule has 0 bridgehead atoms. The Balaban J connectivity index is 1.47. The van der Waals surface area contributed by atoms with Crippen molar-refractivity contribution in [2.45, 2.75) is 49.3 Å². The van der Waals surface area contributed by atoms with Crippen LogP contribution in [0.15, 0.2) is 28.5 Å². The molecule has 0 radical (unpaired) electrons. The molecule has 5 rings (SSSR count). The zero-order valence-electron chi connectivity index (χ0n) is 15.4. The number of aromatic nitrogens is 2. The van der Waals surface area contributed by atoms with E-state index in [1.54, 1.807) is 17.3 Å². The van der Waals surface area contributed by atoms with Gasteiger partial charge >= 0.3 is 0 Å². The minimum atomic E-state index is -0.0723. The predicted octanol–water partition coefficient (Wildman–Crippen LogP) is 3.11. The molecule has 4 aliphatic rings. The van der Waals surface area contributed by atoms with Crippen molar-refractivity contribution in [2.24, 2.45) is 0 Å². The molecule has 1 saturated heterocycles. The van der Waals surface area contributed by atoms with E-state index in [-0.39, 0.29) is 5.60 Å². The maximum atomic E-state index is 6.66. The van der Waals surface area contributed by atoms with Crippen molar-refractivity contribution < 1.29 is 4.74 Å². The van der Waals surface area contributed by atoms with Gasteiger partial charge in [0, 0.05) is 39.0 Å². The number of rotatable bonds is 2. The SMILES string of the molecule is CSc1nc2c(c(N3CCNCC3)n1)CCC1(CC3=C(CCC=C3)C1)O2. The third-order valence-electron chi connectivity index (χ3n) is 6.10. The molecule has 1 N–H and O–H groups in total. The fourth-order valence-corrected chi connectivity index (χ4v) is 5.12. The number of fused-ring (bicyclic) bond motifs is 1. The third-order valence-corrected chi connectivity index (χ3v) is 6.65. The lowest BCUT2D eigenvalue weighted by atomic mass is 9.88. The fraction of sp³-hybridized carbons (Fsp3) is 0.600. The monoisotopic (exact) mass is 370 g/mol. The first-order chi connectivity index (χ1) is 12.8. The Bertz CT molecular complexity index is 784. The molecule has 1 aromatic heterocycles. The summed E-state index contributed by atoms with van der Waals surface area (Å²) in [6.07, 6.45) is 13.3. The minimum absolute atomic E-state index is 0.0723. The Labute approximate surface area is 159 Å². The normalized spacial score (nSPS) is 27.5. The number of anilines is 1. The van der Waals surface area contributed by atoms with Crippen LogP contribution in [0.25, 0.3) is 0 Å². The lowest BCUT2D eigenvalue weighted by Crippen LogP contribution is -2.45. The molecule has 6 heteroatoms. The highest BCUT2D eigenvalue weighted by molar-refractivity contribution is 7.98. The van der Waals surface area contributed by atoms with Crippen molar-refractivity contribution in [3.05, 3.63) is 28.9 Å². The summed E-state index contributed by atoms with van der Waals surface area (Å²) in [5, 5.41) is 4.25. The summed E-state index contributed by atoms with van der Waals surface area (Å²) < 4.78 is 6.66. The molecule has 1 fully saturated rings. The summed E-state index contributed by atoms with van der Waals surface area (Å²) in [5.41, 5.74) is 4.27.